The third-order valence-electron chi connectivity index (χ3n) is 29.0. The molecule has 0 aliphatic carbocycles. The third kappa shape index (κ3) is 11.1. The van der Waals surface area contributed by atoms with Gasteiger partial charge in [0.15, 0.2) is 34.9 Å². The van der Waals surface area contributed by atoms with Crippen molar-refractivity contribution in [3.63, 3.8) is 0 Å². The zero-order valence-electron chi connectivity index (χ0n) is 73.5. The molecule has 0 bridgehead atoms. The summed E-state index contributed by atoms with van der Waals surface area (Å²) < 4.78 is 32.6. The number of aromatic nitrogens is 8. The number of benzene rings is 23. The molecule has 0 radical (unpaired) electrons. The van der Waals surface area contributed by atoms with Crippen molar-refractivity contribution in [3.05, 3.63) is 413 Å². The molecule has 0 saturated heterocycles. The average molecular weight is 1760 g/mol. The fourth-order valence-electron chi connectivity index (χ4n) is 22.6. The van der Waals surface area contributed by atoms with Crippen molar-refractivity contribution in [3.8, 4) is 90.8 Å². The van der Waals surface area contributed by atoms with Gasteiger partial charge in [0.2, 0.25) is 0 Å². The van der Waals surface area contributed by atoms with E-state index >= 15 is 0 Å². The Morgan fingerprint density at radius 1 is 0.152 bits per heavy atom. The average Bonchev–Trinajstić information content (AvgIpc) is 1.54. The van der Waals surface area contributed by atoms with Crippen molar-refractivity contribution in [1.82, 2.24) is 39.0 Å². The Labute approximate surface area is 783 Å². The smallest absolute Gasteiger partial charge is 0.167 e. The van der Waals surface area contributed by atoms with Crippen LogP contribution in [0.2, 0.25) is 0 Å². The van der Waals surface area contributed by atoms with E-state index in [9.17, 15) is 0 Å². The highest BCUT2D eigenvalue weighted by Crippen LogP contribution is 2.51. The molecule has 138 heavy (non-hydrogen) atoms. The van der Waals surface area contributed by atoms with E-state index in [0.29, 0.717) is 51.7 Å². The minimum absolute atomic E-state index is 0.460. The number of nitrogens with zero attached hydrogens (tertiary/aromatic N) is 8. The second-order valence-electron chi connectivity index (χ2n) is 36.6. The van der Waals surface area contributed by atoms with Gasteiger partial charge in [0, 0.05) is 92.7 Å². The fourth-order valence-corrected chi connectivity index (χ4v) is 22.6. The van der Waals surface area contributed by atoms with E-state index in [1.165, 1.54) is 32.3 Å². The molecule has 23 aromatic carbocycles. The molecular weight excluding hydrogens is 1690 g/mol. The highest BCUT2D eigenvalue weighted by atomic mass is 16.3. The van der Waals surface area contributed by atoms with Gasteiger partial charge in [-0.3, -0.25) is 0 Å². The van der Waals surface area contributed by atoms with Gasteiger partial charge in [0.25, 0.3) is 0 Å². The third-order valence-corrected chi connectivity index (χ3v) is 29.0. The summed E-state index contributed by atoms with van der Waals surface area (Å²) in [6, 6.07) is 148. The largest absolute Gasteiger partial charge is 0.456 e. The fraction of sp³-hybridized carbons (Fsp3) is 0. The first-order valence-corrected chi connectivity index (χ1v) is 46.6. The lowest BCUT2D eigenvalue weighted by Gasteiger charge is -2.15. The number of rotatable bonds is 9. The Balaban J connectivity index is 0.573. The number of furan rings is 4. The van der Waals surface area contributed by atoms with Crippen LogP contribution in [0, 0.1) is 0 Å². The maximum atomic E-state index is 7.27. The van der Waals surface area contributed by atoms with Gasteiger partial charge in [0.05, 0.1) is 38.8 Å². The summed E-state index contributed by atoms with van der Waals surface area (Å²) >= 11 is 0. The van der Waals surface area contributed by atoms with Gasteiger partial charge >= 0.3 is 0 Å². The lowest BCUT2D eigenvalue weighted by atomic mass is 9.92. The molecule has 8 heterocycles. The summed E-state index contributed by atoms with van der Waals surface area (Å²) in [6.45, 7) is 0. The predicted octanol–water partition coefficient (Wildman–Crippen LogP) is 33.9. The summed E-state index contributed by atoms with van der Waals surface area (Å²) in [4.78, 5) is 33.3. The second kappa shape index (κ2) is 28.4. The molecule has 31 aromatic rings. The van der Waals surface area contributed by atoms with Crippen LogP contribution in [-0.2, 0) is 0 Å². The molecule has 8 aromatic heterocycles. The van der Waals surface area contributed by atoms with Crippen LogP contribution in [0.3, 0.4) is 0 Å². The minimum Gasteiger partial charge on any atom is -0.456 e. The summed E-state index contributed by atoms with van der Waals surface area (Å²) in [5.74, 6) is 3.00. The topological polar surface area (TPSA) is 140 Å². The van der Waals surface area contributed by atoms with Crippen molar-refractivity contribution in [2.24, 2.45) is 0 Å². The van der Waals surface area contributed by atoms with Crippen molar-refractivity contribution in [2.75, 3.05) is 0 Å². The van der Waals surface area contributed by atoms with Crippen molar-refractivity contribution in [1.29, 1.82) is 0 Å². The van der Waals surface area contributed by atoms with Crippen LogP contribution in [0.5, 0.6) is 0 Å². The van der Waals surface area contributed by atoms with E-state index < -0.39 is 0 Å². The molecule has 0 aliphatic rings. The van der Waals surface area contributed by atoms with Crippen LogP contribution in [0.25, 0.3) is 319 Å². The molecule has 0 unspecified atom stereocenters. The highest BCUT2D eigenvalue weighted by molar-refractivity contribution is 6.29. The summed E-state index contributed by atoms with van der Waals surface area (Å²) in [7, 11) is 0. The number of para-hydroxylation sites is 5. The van der Waals surface area contributed by atoms with Gasteiger partial charge in [-0.1, -0.05) is 267 Å². The SMILES string of the molecule is c1ccc2cc(-c3nc(-c4ccc5oc6ccccc6c5c4)nc(-c4cc5ccc(-n6c7cc8ccccc8cc7c7c8cc(-c9ccc%10c(-c%11nc(-c%12cccc%13c%12oc%12ccccc%12%13)nc(-c%12cc%13ccc(-n%14c%15cc%16ccccc%16cc%15c%15c%16ccccc%16ccc%15%14)cc%13c%13c%12oc%12ccccc%12%13)n%11)cc%11ccccc%11c%10c9)ccc8ccc76)cc5c5c4oc4ccccc45)n3)ccc2c1. The first kappa shape index (κ1) is 74.8. The van der Waals surface area contributed by atoms with E-state index in [1.807, 2.05) is 54.6 Å². The van der Waals surface area contributed by atoms with E-state index in [-0.39, 0.29) is 0 Å². The first-order valence-electron chi connectivity index (χ1n) is 46.6. The maximum absolute atomic E-state index is 7.27. The molecule has 0 aliphatic heterocycles. The summed E-state index contributed by atoms with van der Waals surface area (Å²) in [5.41, 5.74) is 19.4. The van der Waals surface area contributed by atoms with Crippen LogP contribution < -0.4 is 0 Å². The van der Waals surface area contributed by atoms with Crippen molar-refractivity contribution in [2.45, 2.75) is 0 Å². The zero-order valence-corrected chi connectivity index (χ0v) is 73.5. The van der Waals surface area contributed by atoms with Gasteiger partial charge in [0.1, 0.15) is 44.7 Å². The Bertz CT molecular complexity index is 10900. The number of fused-ring (bicyclic) bond motifs is 32. The molecule has 12 heteroatoms. The molecule has 0 amide bonds. The van der Waals surface area contributed by atoms with Crippen molar-refractivity contribution >= 4 is 228 Å². The second-order valence-corrected chi connectivity index (χ2v) is 36.6. The normalized spacial score (nSPS) is 12.3. The van der Waals surface area contributed by atoms with Gasteiger partial charge < -0.3 is 26.8 Å². The van der Waals surface area contributed by atoms with Crippen LogP contribution >= 0.6 is 0 Å². The summed E-state index contributed by atoms with van der Waals surface area (Å²) in [5, 5.41) is 32.5. The van der Waals surface area contributed by atoms with E-state index in [2.05, 4.69) is 367 Å². The molecular formula is C126H68N8O4. The van der Waals surface area contributed by atoms with Crippen LogP contribution in [-0.4, -0.2) is 39.0 Å². The van der Waals surface area contributed by atoms with Crippen LogP contribution in [0.15, 0.2) is 430 Å². The molecule has 12 nitrogen and oxygen atoms in total. The molecule has 0 spiro atoms. The number of hydrogen-bond acceptors (Lipinski definition) is 10. The Morgan fingerprint density at radius 2 is 0.522 bits per heavy atom. The standard InChI is InChI=1S/C126H68N8O4/c1-2-22-72-56-82(43-40-69(72)20-1)121-127-122(83-49-55-113-99(64-83)90-31-12-15-36-109(90)135-113)129-125(128-121)103-62-80-45-51-85(68-97(80)116-92-32-13-17-38-111(92)137-119(103)116)134-106-54-48-71-41-42-77(57-95(71)115(106)102-60-74-24-4-6-26-76(74)66-108(102)134)78-46-52-88-98(58-78)86-28-9-8-27-79(86)61-100(88)124-130-123(94-35-19-34-91-89-30-11-16-37-110(89)136-118(91)94)131-126(132-124)104-63-81-44-50-84(67-96(81)117-93-33-14-18-39-112(93)138-120(104)117)133-105-53-47-70-21-7-10-29-87(70)114(105)101-59-73-23-3-5-25-75(73)65-107(101)133/h1-68H. The molecule has 0 saturated carbocycles. The van der Waals surface area contributed by atoms with Gasteiger partial charge in [-0.25, -0.2) is 29.9 Å². The molecule has 0 N–H and O–H groups in total. The predicted molar refractivity (Wildman–Crippen MR) is 567 cm³/mol. The molecule has 0 fully saturated rings. The van der Waals surface area contributed by atoms with E-state index in [0.717, 1.165) is 235 Å². The van der Waals surface area contributed by atoms with Crippen molar-refractivity contribution < 1.29 is 17.7 Å². The molecule has 0 atom stereocenters. The van der Waals surface area contributed by atoms with Crippen LogP contribution in [0.4, 0.5) is 0 Å². The Hall–Kier alpha value is -18.8. The lowest BCUT2D eigenvalue weighted by molar-refractivity contribution is 0.668. The van der Waals surface area contributed by atoms with Gasteiger partial charge in [-0.2, -0.15) is 0 Å². The highest BCUT2D eigenvalue weighted by Gasteiger charge is 2.29. The molecule has 31 rings (SSSR count). The lowest BCUT2D eigenvalue weighted by Crippen LogP contribution is -2.01. The zero-order chi connectivity index (χ0) is 89.8. The summed E-state index contributed by atoms with van der Waals surface area (Å²) in [6.07, 6.45) is 0. The Kier molecular flexibility index (Phi) is 15.4. The molecule has 636 valence electrons. The van der Waals surface area contributed by atoms with Gasteiger partial charge in [-0.05, 0) is 254 Å². The number of hydrogen-bond donors (Lipinski definition) is 0. The Morgan fingerprint density at radius 3 is 1.14 bits per heavy atom. The first-order chi connectivity index (χ1) is 68.3. The van der Waals surface area contributed by atoms with Crippen LogP contribution in [0.1, 0.15) is 0 Å². The maximum Gasteiger partial charge on any atom is 0.167 e. The van der Waals surface area contributed by atoms with E-state index in [4.69, 9.17) is 47.6 Å². The van der Waals surface area contributed by atoms with Gasteiger partial charge in [-0.15, -0.1) is 0 Å². The van der Waals surface area contributed by atoms with E-state index in [1.54, 1.807) is 0 Å². The quantitative estimate of drug-likeness (QED) is 0.128. The minimum atomic E-state index is 0.460. The monoisotopic (exact) mass is 1760 g/mol.